The van der Waals surface area contributed by atoms with Gasteiger partial charge in [0.1, 0.15) is 0 Å². The SMILES string of the molecule is CCCC(=O)N(C)C.CCN(CC)C(C)=O.COCCC(=O)N(C)C. The normalized spacial score (nSPS) is 9.00. The van der Waals surface area contributed by atoms with Crippen LogP contribution in [0, 0.1) is 0 Å². The van der Waals surface area contributed by atoms with Gasteiger partial charge < -0.3 is 19.4 Å². The summed E-state index contributed by atoms with van der Waals surface area (Å²) in [6.07, 6.45) is 2.09. The van der Waals surface area contributed by atoms with Crippen molar-refractivity contribution in [3.8, 4) is 0 Å². The predicted molar refractivity (Wildman–Crippen MR) is 102 cm³/mol. The molecule has 3 amide bonds. The zero-order valence-corrected chi connectivity index (χ0v) is 17.7. The average molecular weight is 362 g/mol. The summed E-state index contributed by atoms with van der Waals surface area (Å²) in [5, 5.41) is 0. The number of rotatable bonds is 7. The lowest BCUT2D eigenvalue weighted by molar-refractivity contribution is -0.130. The molecule has 7 heteroatoms. The van der Waals surface area contributed by atoms with Crippen LogP contribution in [-0.2, 0) is 19.1 Å². The minimum Gasteiger partial charge on any atom is -0.384 e. The molecule has 0 aromatic heterocycles. The molecule has 0 heterocycles. The van der Waals surface area contributed by atoms with Crippen LogP contribution in [0.15, 0.2) is 0 Å². The first-order valence-electron chi connectivity index (χ1n) is 8.73. The van der Waals surface area contributed by atoms with Gasteiger partial charge in [-0.1, -0.05) is 6.92 Å². The maximum absolute atomic E-state index is 10.7. The molecule has 0 aromatic carbocycles. The Morgan fingerprint density at radius 3 is 1.36 bits per heavy atom. The first kappa shape index (κ1) is 28.2. The van der Waals surface area contributed by atoms with E-state index in [1.54, 1.807) is 56.9 Å². The van der Waals surface area contributed by atoms with Gasteiger partial charge in [0.2, 0.25) is 17.7 Å². The zero-order valence-electron chi connectivity index (χ0n) is 17.7. The maximum atomic E-state index is 10.7. The summed E-state index contributed by atoms with van der Waals surface area (Å²) in [7, 11) is 8.61. The average Bonchev–Trinajstić information content (AvgIpc) is 2.54. The third-order valence-electron chi connectivity index (χ3n) is 3.19. The van der Waals surface area contributed by atoms with Gasteiger partial charge in [-0.2, -0.15) is 0 Å². The molecule has 0 fully saturated rings. The highest BCUT2D eigenvalue weighted by molar-refractivity contribution is 5.75. The highest BCUT2D eigenvalue weighted by Gasteiger charge is 2.01. The van der Waals surface area contributed by atoms with Crippen molar-refractivity contribution in [1.29, 1.82) is 0 Å². The van der Waals surface area contributed by atoms with Crippen molar-refractivity contribution in [2.45, 2.75) is 47.0 Å². The topological polar surface area (TPSA) is 70.2 Å². The fourth-order valence-corrected chi connectivity index (χ4v) is 1.52. The van der Waals surface area contributed by atoms with E-state index in [9.17, 15) is 14.4 Å². The van der Waals surface area contributed by atoms with E-state index in [-0.39, 0.29) is 17.7 Å². The Kier molecular flexibility index (Phi) is 21.1. The van der Waals surface area contributed by atoms with Gasteiger partial charge in [-0.25, -0.2) is 0 Å². The van der Waals surface area contributed by atoms with Crippen LogP contribution in [0.2, 0.25) is 0 Å². The van der Waals surface area contributed by atoms with Crippen molar-refractivity contribution in [2.24, 2.45) is 0 Å². The molecule has 25 heavy (non-hydrogen) atoms. The molecule has 0 atom stereocenters. The third-order valence-corrected chi connectivity index (χ3v) is 3.19. The summed E-state index contributed by atoms with van der Waals surface area (Å²) in [5.74, 6) is 0.486. The van der Waals surface area contributed by atoms with E-state index >= 15 is 0 Å². The Morgan fingerprint density at radius 1 is 0.800 bits per heavy atom. The lowest BCUT2D eigenvalue weighted by atomic mass is 10.3. The number of amides is 3. The number of carbonyl (C=O) groups excluding carboxylic acids is 3. The summed E-state index contributed by atoms with van der Waals surface area (Å²) in [6.45, 7) is 9.71. The number of methoxy groups -OCH3 is 1. The van der Waals surface area contributed by atoms with Gasteiger partial charge >= 0.3 is 0 Å². The molecule has 7 nitrogen and oxygen atoms in total. The highest BCUT2D eigenvalue weighted by atomic mass is 16.5. The fourth-order valence-electron chi connectivity index (χ4n) is 1.52. The largest absolute Gasteiger partial charge is 0.384 e. The Morgan fingerprint density at radius 2 is 1.20 bits per heavy atom. The first-order valence-corrected chi connectivity index (χ1v) is 8.73. The molecular formula is C18H39N3O4. The van der Waals surface area contributed by atoms with Crippen molar-refractivity contribution in [3.63, 3.8) is 0 Å². The van der Waals surface area contributed by atoms with E-state index < -0.39 is 0 Å². The van der Waals surface area contributed by atoms with Crippen LogP contribution in [0.5, 0.6) is 0 Å². The van der Waals surface area contributed by atoms with E-state index in [1.165, 1.54) is 0 Å². The summed E-state index contributed by atoms with van der Waals surface area (Å²) < 4.78 is 4.72. The number of hydrogen-bond acceptors (Lipinski definition) is 4. The molecule has 0 aromatic rings. The predicted octanol–water partition coefficient (Wildman–Crippen LogP) is 1.86. The van der Waals surface area contributed by atoms with Crippen molar-refractivity contribution in [1.82, 2.24) is 14.7 Å². The molecule has 0 saturated carbocycles. The molecule has 150 valence electrons. The van der Waals surface area contributed by atoms with Crippen LogP contribution < -0.4 is 0 Å². The Labute approximate surface area is 154 Å². The van der Waals surface area contributed by atoms with Gasteiger partial charge in [-0.3, -0.25) is 14.4 Å². The number of nitrogens with zero attached hydrogens (tertiary/aromatic N) is 3. The van der Waals surface area contributed by atoms with Gasteiger partial charge in [-0.15, -0.1) is 0 Å². The van der Waals surface area contributed by atoms with E-state index in [1.807, 2.05) is 20.8 Å². The minimum absolute atomic E-state index is 0.108. The van der Waals surface area contributed by atoms with E-state index in [2.05, 4.69) is 0 Å². The van der Waals surface area contributed by atoms with E-state index in [0.717, 1.165) is 19.5 Å². The summed E-state index contributed by atoms with van der Waals surface area (Å²) in [4.78, 5) is 36.9. The standard InChI is InChI=1S/C6H13NO2.2C6H13NO/c1-7(2)6(8)4-5-9-3;1-4-5-6(8)7(2)3;1-4-7(5-2)6(3)8/h4-5H2,1-3H3;2*4-5H2,1-3H3. The summed E-state index contributed by atoms with van der Waals surface area (Å²) >= 11 is 0. The minimum atomic E-state index is 0.108. The van der Waals surface area contributed by atoms with Crippen LogP contribution in [0.1, 0.15) is 47.0 Å². The van der Waals surface area contributed by atoms with Crippen LogP contribution in [0.25, 0.3) is 0 Å². The van der Waals surface area contributed by atoms with Gasteiger partial charge in [-0.05, 0) is 20.3 Å². The molecule has 0 N–H and O–H groups in total. The van der Waals surface area contributed by atoms with E-state index in [0.29, 0.717) is 19.4 Å². The van der Waals surface area contributed by atoms with Crippen LogP contribution >= 0.6 is 0 Å². The van der Waals surface area contributed by atoms with Gasteiger partial charge in [0.05, 0.1) is 13.0 Å². The molecule has 0 spiro atoms. The van der Waals surface area contributed by atoms with Crippen molar-refractivity contribution in [2.75, 3.05) is 55.0 Å². The lowest BCUT2D eigenvalue weighted by Gasteiger charge is -2.14. The monoisotopic (exact) mass is 361 g/mol. The number of hydrogen-bond donors (Lipinski definition) is 0. The Bertz CT molecular complexity index is 354. The van der Waals surface area contributed by atoms with Crippen LogP contribution in [0.3, 0.4) is 0 Å². The molecular weight excluding hydrogens is 322 g/mol. The quantitative estimate of drug-likeness (QED) is 0.694. The summed E-state index contributed by atoms with van der Waals surface area (Å²) in [5.41, 5.74) is 0. The van der Waals surface area contributed by atoms with Crippen molar-refractivity contribution < 1.29 is 19.1 Å². The lowest BCUT2D eigenvalue weighted by Crippen LogP contribution is -2.27. The first-order chi connectivity index (χ1) is 11.6. The third kappa shape index (κ3) is 20.3. The molecule has 0 aliphatic carbocycles. The smallest absolute Gasteiger partial charge is 0.224 e. The fraction of sp³-hybridized carbons (Fsp3) is 0.833. The van der Waals surface area contributed by atoms with Crippen molar-refractivity contribution in [3.05, 3.63) is 0 Å². The number of ether oxygens (including phenoxy) is 1. The Hall–Kier alpha value is -1.63. The molecule has 0 rings (SSSR count). The maximum Gasteiger partial charge on any atom is 0.224 e. The number of carbonyl (C=O) groups is 3. The Balaban J connectivity index is -0.000000291. The van der Waals surface area contributed by atoms with Gasteiger partial charge in [0, 0.05) is 61.7 Å². The molecule has 0 saturated heterocycles. The zero-order chi connectivity index (χ0) is 20.4. The molecule has 0 unspecified atom stereocenters. The second kappa shape index (κ2) is 18.7. The molecule has 0 radical (unpaired) electrons. The second-order valence-electron chi connectivity index (χ2n) is 5.76. The van der Waals surface area contributed by atoms with Crippen LogP contribution in [-0.4, -0.2) is 87.4 Å². The summed E-state index contributed by atoms with van der Waals surface area (Å²) in [6, 6.07) is 0. The molecule has 0 aliphatic rings. The highest BCUT2D eigenvalue weighted by Crippen LogP contribution is 1.89. The molecule has 0 bridgehead atoms. The van der Waals surface area contributed by atoms with Gasteiger partial charge in [0.25, 0.3) is 0 Å². The molecule has 0 aliphatic heterocycles. The van der Waals surface area contributed by atoms with Gasteiger partial charge in [0.15, 0.2) is 0 Å². The van der Waals surface area contributed by atoms with Crippen molar-refractivity contribution >= 4 is 17.7 Å². The van der Waals surface area contributed by atoms with E-state index in [4.69, 9.17) is 4.74 Å². The second-order valence-corrected chi connectivity index (χ2v) is 5.76. The van der Waals surface area contributed by atoms with Crippen LogP contribution in [0.4, 0.5) is 0 Å².